The Balaban J connectivity index is 2.74. The molecule has 108 valence electrons. The van der Waals surface area contributed by atoms with Gasteiger partial charge in [-0.1, -0.05) is 31.9 Å². The zero-order valence-electron chi connectivity index (χ0n) is 12.4. The summed E-state index contributed by atoms with van der Waals surface area (Å²) in [6.45, 7) is 10.4. The summed E-state index contributed by atoms with van der Waals surface area (Å²) in [6, 6.07) is 2.12. The van der Waals surface area contributed by atoms with Crippen molar-refractivity contribution in [1.29, 1.82) is 0 Å². The number of hydrogen-bond donors (Lipinski definition) is 1. The van der Waals surface area contributed by atoms with Gasteiger partial charge in [0.25, 0.3) is 0 Å². The van der Waals surface area contributed by atoms with Gasteiger partial charge < -0.3 is 10.2 Å². The first-order chi connectivity index (χ1) is 9.22. The molecule has 1 heterocycles. The number of anilines is 1. The molecule has 0 amide bonds. The maximum absolute atomic E-state index is 6.21. The number of pyridine rings is 1. The van der Waals surface area contributed by atoms with E-state index in [1.807, 2.05) is 0 Å². The molecule has 0 atom stereocenters. The van der Waals surface area contributed by atoms with Gasteiger partial charge in [0, 0.05) is 25.8 Å². The van der Waals surface area contributed by atoms with Crippen molar-refractivity contribution in [3.05, 3.63) is 22.8 Å². The van der Waals surface area contributed by atoms with Crippen LogP contribution >= 0.6 is 11.6 Å². The molecule has 1 rings (SSSR count). The van der Waals surface area contributed by atoms with Gasteiger partial charge in [0.15, 0.2) is 0 Å². The van der Waals surface area contributed by atoms with Crippen LogP contribution in [0, 0.1) is 0 Å². The number of aromatic nitrogens is 1. The molecule has 0 aliphatic heterocycles. The average molecular weight is 284 g/mol. The molecule has 0 fully saturated rings. The van der Waals surface area contributed by atoms with Crippen LogP contribution in [0.1, 0.15) is 45.6 Å². The van der Waals surface area contributed by atoms with E-state index >= 15 is 0 Å². The van der Waals surface area contributed by atoms with E-state index < -0.39 is 0 Å². The molecule has 0 unspecified atom stereocenters. The first-order valence-corrected chi connectivity index (χ1v) is 7.70. The summed E-state index contributed by atoms with van der Waals surface area (Å²) < 4.78 is 0. The van der Waals surface area contributed by atoms with E-state index in [1.165, 1.54) is 12.8 Å². The minimum Gasteiger partial charge on any atom is -0.357 e. The lowest BCUT2D eigenvalue weighted by Gasteiger charge is -2.22. The summed E-state index contributed by atoms with van der Waals surface area (Å²) in [5.41, 5.74) is 1.13. The minimum absolute atomic E-state index is 0.749. The van der Waals surface area contributed by atoms with Gasteiger partial charge in [0.05, 0.1) is 5.02 Å². The highest BCUT2D eigenvalue weighted by atomic mass is 35.5. The monoisotopic (exact) mass is 283 g/mol. The molecule has 0 saturated carbocycles. The molecule has 3 nitrogen and oxygen atoms in total. The fourth-order valence-electron chi connectivity index (χ4n) is 1.96. The third-order valence-electron chi connectivity index (χ3n) is 3.15. The lowest BCUT2D eigenvalue weighted by Crippen LogP contribution is -2.25. The van der Waals surface area contributed by atoms with Gasteiger partial charge in [-0.3, -0.25) is 0 Å². The van der Waals surface area contributed by atoms with Gasteiger partial charge in [0.2, 0.25) is 0 Å². The third-order valence-corrected chi connectivity index (χ3v) is 3.49. The SMILES string of the molecule is CCCCN(CC)c1cc(CNCCC)c(Cl)cn1. The Labute approximate surface area is 122 Å². The van der Waals surface area contributed by atoms with Gasteiger partial charge in [-0.25, -0.2) is 4.98 Å². The van der Waals surface area contributed by atoms with Crippen LogP contribution in [0.25, 0.3) is 0 Å². The van der Waals surface area contributed by atoms with E-state index in [0.29, 0.717) is 0 Å². The van der Waals surface area contributed by atoms with Crippen LogP contribution in [-0.4, -0.2) is 24.6 Å². The lowest BCUT2D eigenvalue weighted by atomic mass is 10.2. The van der Waals surface area contributed by atoms with E-state index in [0.717, 1.165) is 49.0 Å². The van der Waals surface area contributed by atoms with Crippen LogP contribution in [0.15, 0.2) is 12.3 Å². The Morgan fingerprint density at radius 2 is 2.05 bits per heavy atom. The first kappa shape index (κ1) is 16.3. The standard InChI is InChI=1S/C15H26ClN3/c1-4-7-9-19(6-3)15-10-13(11-17-8-5-2)14(16)12-18-15/h10,12,17H,4-9,11H2,1-3H3. The van der Waals surface area contributed by atoms with Gasteiger partial charge in [-0.15, -0.1) is 0 Å². The van der Waals surface area contributed by atoms with Crippen LogP contribution in [0.5, 0.6) is 0 Å². The van der Waals surface area contributed by atoms with Crippen molar-refractivity contribution in [2.45, 2.75) is 46.6 Å². The Morgan fingerprint density at radius 1 is 1.26 bits per heavy atom. The molecular formula is C15H26ClN3. The minimum atomic E-state index is 0.749. The highest BCUT2D eigenvalue weighted by Crippen LogP contribution is 2.20. The highest BCUT2D eigenvalue weighted by Gasteiger charge is 2.08. The Bertz CT molecular complexity index is 368. The molecule has 1 aromatic rings. The first-order valence-electron chi connectivity index (χ1n) is 7.32. The summed E-state index contributed by atoms with van der Waals surface area (Å²) in [6.07, 6.45) is 5.30. The molecule has 4 heteroatoms. The van der Waals surface area contributed by atoms with Gasteiger partial charge in [0.1, 0.15) is 5.82 Å². The summed E-state index contributed by atoms with van der Waals surface area (Å²) in [5, 5.41) is 4.14. The molecular weight excluding hydrogens is 258 g/mol. The van der Waals surface area contributed by atoms with Crippen LogP contribution in [-0.2, 0) is 6.54 Å². The molecule has 0 bridgehead atoms. The highest BCUT2D eigenvalue weighted by molar-refractivity contribution is 6.31. The molecule has 0 aromatic carbocycles. The zero-order chi connectivity index (χ0) is 14.1. The second-order valence-electron chi connectivity index (χ2n) is 4.74. The lowest BCUT2D eigenvalue weighted by molar-refractivity contribution is 0.673. The van der Waals surface area contributed by atoms with E-state index in [4.69, 9.17) is 11.6 Å². The predicted molar refractivity (Wildman–Crippen MR) is 84.0 cm³/mol. The van der Waals surface area contributed by atoms with Crippen LogP contribution in [0.3, 0.4) is 0 Å². The second-order valence-corrected chi connectivity index (χ2v) is 5.15. The molecule has 0 radical (unpaired) electrons. The molecule has 1 N–H and O–H groups in total. The van der Waals surface area contributed by atoms with E-state index in [1.54, 1.807) is 6.20 Å². The molecule has 1 aromatic heterocycles. The molecule has 0 saturated heterocycles. The average Bonchev–Trinajstić information content (AvgIpc) is 2.43. The van der Waals surface area contributed by atoms with Crippen LogP contribution < -0.4 is 10.2 Å². The topological polar surface area (TPSA) is 28.2 Å². The largest absolute Gasteiger partial charge is 0.357 e. The number of nitrogens with zero attached hydrogens (tertiary/aromatic N) is 2. The zero-order valence-corrected chi connectivity index (χ0v) is 13.1. The third kappa shape index (κ3) is 5.37. The summed E-state index contributed by atoms with van der Waals surface area (Å²) in [4.78, 5) is 6.77. The van der Waals surface area contributed by atoms with Crippen molar-refractivity contribution in [1.82, 2.24) is 10.3 Å². The predicted octanol–water partition coefficient (Wildman–Crippen LogP) is 3.86. The van der Waals surface area contributed by atoms with Crippen molar-refractivity contribution in [3.63, 3.8) is 0 Å². The van der Waals surface area contributed by atoms with Crippen molar-refractivity contribution < 1.29 is 0 Å². The number of nitrogens with one attached hydrogen (secondary N) is 1. The Kier molecular flexibility index (Phi) is 7.84. The van der Waals surface area contributed by atoms with Crippen molar-refractivity contribution in [2.75, 3.05) is 24.5 Å². The Hall–Kier alpha value is -0.800. The van der Waals surface area contributed by atoms with E-state index in [-0.39, 0.29) is 0 Å². The van der Waals surface area contributed by atoms with Gasteiger partial charge >= 0.3 is 0 Å². The smallest absolute Gasteiger partial charge is 0.128 e. The van der Waals surface area contributed by atoms with Gasteiger partial charge in [-0.05, 0) is 37.9 Å². The number of unbranched alkanes of at least 4 members (excludes halogenated alkanes) is 1. The fourth-order valence-corrected chi connectivity index (χ4v) is 2.13. The van der Waals surface area contributed by atoms with Crippen molar-refractivity contribution in [3.8, 4) is 0 Å². The molecule has 0 aliphatic rings. The number of hydrogen-bond acceptors (Lipinski definition) is 3. The number of halogens is 1. The molecule has 0 aliphatic carbocycles. The van der Waals surface area contributed by atoms with E-state index in [2.05, 4.69) is 42.0 Å². The maximum Gasteiger partial charge on any atom is 0.128 e. The van der Waals surface area contributed by atoms with Crippen molar-refractivity contribution >= 4 is 17.4 Å². The summed E-state index contributed by atoms with van der Waals surface area (Å²) in [7, 11) is 0. The maximum atomic E-state index is 6.21. The summed E-state index contributed by atoms with van der Waals surface area (Å²) in [5.74, 6) is 1.04. The van der Waals surface area contributed by atoms with Crippen LogP contribution in [0.2, 0.25) is 5.02 Å². The summed E-state index contributed by atoms with van der Waals surface area (Å²) >= 11 is 6.21. The molecule has 19 heavy (non-hydrogen) atoms. The fraction of sp³-hybridized carbons (Fsp3) is 0.667. The Morgan fingerprint density at radius 3 is 2.68 bits per heavy atom. The van der Waals surface area contributed by atoms with Crippen molar-refractivity contribution in [2.24, 2.45) is 0 Å². The number of rotatable bonds is 9. The van der Waals surface area contributed by atoms with Crippen LogP contribution in [0.4, 0.5) is 5.82 Å². The normalized spacial score (nSPS) is 10.7. The molecule has 0 spiro atoms. The second kappa shape index (κ2) is 9.16. The van der Waals surface area contributed by atoms with E-state index in [9.17, 15) is 0 Å². The quantitative estimate of drug-likeness (QED) is 0.698. The van der Waals surface area contributed by atoms with Gasteiger partial charge in [-0.2, -0.15) is 0 Å².